The van der Waals surface area contributed by atoms with Crippen LogP contribution < -0.4 is 15.4 Å². The zero-order chi connectivity index (χ0) is 23.2. The molecule has 33 heavy (non-hydrogen) atoms. The number of nitrogens with zero attached hydrogens (tertiary/aromatic N) is 3. The van der Waals surface area contributed by atoms with Crippen LogP contribution in [0.25, 0.3) is 0 Å². The van der Waals surface area contributed by atoms with E-state index in [1.807, 2.05) is 30.5 Å². The number of aromatic carboxylic acids is 1. The average Bonchev–Trinajstić information content (AvgIpc) is 2.79. The van der Waals surface area contributed by atoms with Gasteiger partial charge in [-0.3, -0.25) is 5.32 Å². The number of rotatable bonds is 7. The molecule has 2 aromatic rings. The van der Waals surface area contributed by atoms with Crippen LogP contribution >= 0.6 is 11.6 Å². The molecule has 2 aliphatic rings. The van der Waals surface area contributed by atoms with Gasteiger partial charge in [0, 0.05) is 18.3 Å². The van der Waals surface area contributed by atoms with E-state index in [9.17, 15) is 4.79 Å². The summed E-state index contributed by atoms with van der Waals surface area (Å²) in [6.07, 6.45) is 9.52. The number of carbonyl (C=O) groups is 1. The molecular weight excluding hydrogens is 442 g/mol. The van der Waals surface area contributed by atoms with E-state index >= 15 is 0 Å². The minimum absolute atomic E-state index is 0.00787. The fourth-order valence-electron chi connectivity index (χ4n) is 3.60. The summed E-state index contributed by atoms with van der Waals surface area (Å²) in [5.74, 6) is 0.484. The van der Waals surface area contributed by atoms with Gasteiger partial charge in [-0.15, -0.1) is 0 Å². The van der Waals surface area contributed by atoms with Gasteiger partial charge in [-0.2, -0.15) is 0 Å². The molecule has 2 aliphatic heterocycles. The van der Waals surface area contributed by atoms with E-state index in [-0.39, 0.29) is 22.6 Å². The highest BCUT2D eigenvalue weighted by Gasteiger charge is 2.23. The normalized spacial score (nSPS) is 17.5. The van der Waals surface area contributed by atoms with Crippen LogP contribution in [0.3, 0.4) is 0 Å². The van der Waals surface area contributed by atoms with Gasteiger partial charge in [-0.1, -0.05) is 35.4 Å². The molecule has 0 saturated carbocycles. The van der Waals surface area contributed by atoms with Crippen molar-refractivity contribution < 1.29 is 14.6 Å². The maximum atomic E-state index is 11.0. The van der Waals surface area contributed by atoms with Crippen LogP contribution in [-0.4, -0.2) is 40.9 Å². The van der Waals surface area contributed by atoms with Crippen LogP contribution in [0.15, 0.2) is 69.9 Å². The smallest absolute Gasteiger partial charge is 0.337 e. The molecule has 9 heteroatoms. The van der Waals surface area contributed by atoms with Crippen molar-refractivity contribution in [2.24, 2.45) is 9.98 Å². The number of fused-ring (bicyclic) bond motifs is 1. The summed E-state index contributed by atoms with van der Waals surface area (Å²) >= 11 is 6.08. The number of allylic oxidation sites excluding steroid dienone is 2. The number of aromatic nitrogens is 1. The van der Waals surface area contributed by atoms with Crippen molar-refractivity contribution in [2.75, 3.05) is 6.54 Å². The first-order valence-electron chi connectivity index (χ1n) is 10.6. The molecule has 3 N–H and O–H groups in total. The third-order valence-electron chi connectivity index (χ3n) is 5.36. The third-order valence-corrected chi connectivity index (χ3v) is 5.63. The number of benzene rings is 1. The van der Waals surface area contributed by atoms with Gasteiger partial charge >= 0.3 is 5.97 Å². The molecule has 0 spiro atoms. The minimum atomic E-state index is -1.09. The number of carboxylic acid groups (broad SMARTS) is 1. The Balaban J connectivity index is 1.34. The van der Waals surface area contributed by atoms with Crippen molar-refractivity contribution in [1.82, 2.24) is 15.6 Å². The molecule has 1 aromatic carbocycles. The first kappa shape index (κ1) is 22.7. The molecule has 1 unspecified atom stereocenters. The van der Waals surface area contributed by atoms with Crippen LogP contribution in [0.5, 0.6) is 11.6 Å². The molecule has 1 atom stereocenters. The molecule has 0 aliphatic carbocycles. The number of carboxylic acids is 1. The lowest BCUT2D eigenvalue weighted by atomic mass is 9.99. The van der Waals surface area contributed by atoms with Gasteiger partial charge in [0.15, 0.2) is 0 Å². The summed E-state index contributed by atoms with van der Waals surface area (Å²) < 4.78 is 5.69. The Kier molecular flexibility index (Phi) is 7.16. The summed E-state index contributed by atoms with van der Waals surface area (Å²) in [6.45, 7) is 2.88. The average molecular weight is 466 g/mol. The second-order valence-corrected chi connectivity index (χ2v) is 8.10. The second kappa shape index (κ2) is 10.4. The lowest BCUT2D eigenvalue weighted by Gasteiger charge is -2.25. The Morgan fingerprint density at radius 2 is 2.15 bits per heavy atom. The maximum Gasteiger partial charge on any atom is 0.337 e. The van der Waals surface area contributed by atoms with E-state index in [2.05, 4.69) is 38.6 Å². The monoisotopic (exact) mass is 465 g/mol. The van der Waals surface area contributed by atoms with Crippen molar-refractivity contribution in [1.29, 1.82) is 0 Å². The Bertz CT molecular complexity index is 1160. The van der Waals surface area contributed by atoms with Gasteiger partial charge in [0.25, 0.3) is 0 Å². The van der Waals surface area contributed by atoms with Gasteiger partial charge in [-0.25, -0.2) is 19.8 Å². The molecule has 8 nitrogen and oxygen atoms in total. The minimum Gasteiger partial charge on any atom is -0.478 e. The maximum absolute atomic E-state index is 11.0. The van der Waals surface area contributed by atoms with E-state index in [0.29, 0.717) is 5.75 Å². The van der Waals surface area contributed by atoms with E-state index in [4.69, 9.17) is 21.4 Å². The van der Waals surface area contributed by atoms with Gasteiger partial charge in [-0.05, 0) is 56.1 Å². The van der Waals surface area contributed by atoms with Crippen molar-refractivity contribution in [2.45, 2.75) is 32.4 Å². The lowest BCUT2D eigenvalue weighted by Crippen LogP contribution is -2.40. The van der Waals surface area contributed by atoms with Crippen LogP contribution in [0, 0.1) is 0 Å². The van der Waals surface area contributed by atoms with Crippen LogP contribution in [-0.2, 0) is 6.42 Å². The summed E-state index contributed by atoms with van der Waals surface area (Å²) in [6, 6.07) is 8.93. The first-order valence-corrected chi connectivity index (χ1v) is 11.0. The Hall–Kier alpha value is -3.49. The molecule has 0 saturated heterocycles. The lowest BCUT2D eigenvalue weighted by molar-refractivity contribution is 0.0696. The number of nitrogens with one attached hydrogen (secondary N) is 2. The fourth-order valence-corrected chi connectivity index (χ4v) is 3.80. The second-order valence-electron chi connectivity index (χ2n) is 7.69. The number of hydrogen-bond acceptors (Lipinski definition) is 7. The van der Waals surface area contributed by atoms with Crippen molar-refractivity contribution in [3.8, 4) is 11.6 Å². The SMILES string of the molecule is CC1=C2C(=NC=NC2NCCc2ccc(Oc3ncc(C(=O)O)cc3Cl)cc2)NC=CCC1. The predicted octanol–water partition coefficient (Wildman–Crippen LogP) is 4.34. The van der Waals surface area contributed by atoms with Gasteiger partial charge in [0.2, 0.25) is 5.88 Å². The molecule has 4 rings (SSSR count). The Morgan fingerprint density at radius 3 is 2.91 bits per heavy atom. The fraction of sp³-hybridized carbons (Fsp3) is 0.250. The van der Waals surface area contributed by atoms with Crippen molar-refractivity contribution in [3.05, 3.63) is 76.1 Å². The van der Waals surface area contributed by atoms with Crippen LogP contribution in [0.2, 0.25) is 5.02 Å². The summed E-state index contributed by atoms with van der Waals surface area (Å²) in [5.41, 5.74) is 3.54. The van der Waals surface area contributed by atoms with Crippen molar-refractivity contribution >= 4 is 29.7 Å². The number of hydrogen-bond donors (Lipinski definition) is 3. The largest absolute Gasteiger partial charge is 0.478 e. The third kappa shape index (κ3) is 5.66. The summed E-state index contributed by atoms with van der Waals surface area (Å²) in [7, 11) is 0. The van der Waals surface area contributed by atoms with Crippen molar-refractivity contribution in [3.63, 3.8) is 0 Å². The number of aliphatic imine (C=N–C) groups is 2. The van der Waals surface area contributed by atoms with Gasteiger partial charge in [0.05, 0.1) is 5.56 Å². The standard InChI is InChI=1S/C24H24ClN5O3/c1-15-4-2-3-10-26-21-20(15)22(30-14-29-21)27-11-9-16-5-7-18(8-6-16)33-23-19(25)12-17(13-28-23)24(31)32/h3,5-8,10,12-14,22,27H,2,4,9,11H2,1H3,(H,31,32)(H,26,29,30). The highest BCUT2D eigenvalue weighted by Crippen LogP contribution is 2.28. The topological polar surface area (TPSA) is 108 Å². The molecular formula is C24H24ClN5O3. The highest BCUT2D eigenvalue weighted by atomic mass is 35.5. The zero-order valence-corrected chi connectivity index (χ0v) is 18.8. The predicted molar refractivity (Wildman–Crippen MR) is 128 cm³/mol. The number of halogens is 1. The molecule has 1 aromatic heterocycles. The molecule has 0 radical (unpaired) electrons. The van der Waals surface area contributed by atoms with E-state index in [1.54, 1.807) is 6.34 Å². The number of pyridine rings is 1. The molecule has 3 heterocycles. The first-order chi connectivity index (χ1) is 16.0. The highest BCUT2D eigenvalue weighted by molar-refractivity contribution is 6.32. The zero-order valence-electron chi connectivity index (χ0n) is 18.1. The summed E-state index contributed by atoms with van der Waals surface area (Å²) in [5, 5.41) is 15.9. The van der Waals surface area contributed by atoms with E-state index in [1.165, 1.54) is 17.8 Å². The molecule has 170 valence electrons. The molecule has 0 bridgehead atoms. The van der Waals surface area contributed by atoms with E-state index in [0.717, 1.165) is 42.8 Å². The summed E-state index contributed by atoms with van der Waals surface area (Å²) in [4.78, 5) is 23.9. The quantitative estimate of drug-likeness (QED) is 0.561. The van der Waals surface area contributed by atoms with E-state index < -0.39 is 5.97 Å². The molecule has 0 fully saturated rings. The molecule has 0 amide bonds. The van der Waals surface area contributed by atoms with Crippen LogP contribution in [0.4, 0.5) is 0 Å². The Labute approximate surface area is 196 Å². The number of ether oxygens (including phenoxy) is 1. The van der Waals surface area contributed by atoms with Gasteiger partial charge in [0.1, 0.15) is 29.1 Å². The van der Waals surface area contributed by atoms with Crippen LogP contribution in [0.1, 0.15) is 35.7 Å². The van der Waals surface area contributed by atoms with Gasteiger partial charge < -0.3 is 15.2 Å². The number of amidine groups is 1. The Morgan fingerprint density at radius 1 is 1.33 bits per heavy atom.